The third-order valence-electron chi connectivity index (χ3n) is 3.87. The van der Waals surface area contributed by atoms with E-state index in [2.05, 4.69) is 20.4 Å². The summed E-state index contributed by atoms with van der Waals surface area (Å²) in [6.45, 7) is 2.62. The normalized spacial score (nSPS) is 11.6. The number of nitrogen functional groups attached to an aromatic ring is 1. The molecule has 0 spiro atoms. The Bertz CT molecular complexity index is 1100. The SMILES string of the molecule is Cc1nc(N)c2cnn(CCCNC(=O)c3ccc(S(=O)(=O)F)cc3)c2n1. The molecule has 1 amide bonds. The van der Waals surface area contributed by atoms with Gasteiger partial charge in [0, 0.05) is 18.7 Å². The molecule has 0 saturated carbocycles. The van der Waals surface area contributed by atoms with Crippen LogP contribution in [0.2, 0.25) is 0 Å². The molecular weight excluding hydrogens is 375 g/mol. The molecule has 0 unspecified atom stereocenters. The van der Waals surface area contributed by atoms with E-state index in [1.54, 1.807) is 17.8 Å². The minimum atomic E-state index is -4.78. The second-order valence-corrected chi connectivity index (χ2v) is 7.18. The Labute approximate surface area is 154 Å². The third kappa shape index (κ3) is 4.19. The highest BCUT2D eigenvalue weighted by atomic mass is 32.3. The summed E-state index contributed by atoms with van der Waals surface area (Å²) in [5.74, 6) is 0.537. The zero-order chi connectivity index (χ0) is 19.6. The number of halogens is 1. The first-order chi connectivity index (χ1) is 12.8. The van der Waals surface area contributed by atoms with Gasteiger partial charge >= 0.3 is 10.2 Å². The Hall–Kier alpha value is -3.08. The van der Waals surface area contributed by atoms with Crippen LogP contribution >= 0.6 is 0 Å². The van der Waals surface area contributed by atoms with E-state index in [1.165, 1.54) is 12.1 Å². The van der Waals surface area contributed by atoms with Gasteiger partial charge < -0.3 is 11.1 Å². The van der Waals surface area contributed by atoms with Gasteiger partial charge in [-0.3, -0.25) is 4.79 Å². The van der Waals surface area contributed by atoms with E-state index < -0.39 is 15.1 Å². The van der Waals surface area contributed by atoms with E-state index in [1.807, 2.05) is 0 Å². The average molecular weight is 392 g/mol. The molecule has 0 aliphatic rings. The fraction of sp³-hybridized carbons (Fsp3) is 0.250. The van der Waals surface area contributed by atoms with Crippen LogP contribution in [-0.4, -0.2) is 40.6 Å². The Morgan fingerprint density at radius 3 is 2.63 bits per heavy atom. The van der Waals surface area contributed by atoms with Gasteiger partial charge in [0.25, 0.3) is 5.91 Å². The smallest absolute Gasteiger partial charge is 0.332 e. The molecule has 0 bridgehead atoms. The number of aryl methyl sites for hydroxylation is 2. The van der Waals surface area contributed by atoms with Crippen molar-refractivity contribution >= 4 is 33.0 Å². The van der Waals surface area contributed by atoms with Crippen LogP contribution in [0.3, 0.4) is 0 Å². The van der Waals surface area contributed by atoms with Crippen molar-refractivity contribution in [2.24, 2.45) is 0 Å². The standard InChI is InChI=1S/C16H17FN6O3S/c1-10-21-14(18)13-9-20-23(15(13)22-10)8-2-7-19-16(24)11-3-5-12(6-4-11)27(17,25)26/h3-6,9H,2,7-8H2,1H3,(H,19,24)(H2,18,21,22). The van der Waals surface area contributed by atoms with E-state index in [0.717, 1.165) is 12.1 Å². The van der Waals surface area contributed by atoms with Crippen molar-refractivity contribution in [1.82, 2.24) is 25.1 Å². The van der Waals surface area contributed by atoms with E-state index in [9.17, 15) is 17.1 Å². The van der Waals surface area contributed by atoms with E-state index in [0.29, 0.717) is 42.2 Å². The zero-order valence-electron chi connectivity index (χ0n) is 14.4. The summed E-state index contributed by atoms with van der Waals surface area (Å²) >= 11 is 0. The quantitative estimate of drug-likeness (QED) is 0.475. The first-order valence-electron chi connectivity index (χ1n) is 8.04. The summed E-state index contributed by atoms with van der Waals surface area (Å²) in [5.41, 5.74) is 6.72. The van der Waals surface area contributed by atoms with Crippen LogP contribution in [0.5, 0.6) is 0 Å². The number of anilines is 1. The number of nitrogens with two attached hydrogens (primary N) is 1. The Kier molecular flexibility index (Phi) is 5.04. The molecule has 3 rings (SSSR count). The van der Waals surface area contributed by atoms with Crippen LogP contribution in [0.4, 0.5) is 9.70 Å². The van der Waals surface area contributed by atoms with Gasteiger partial charge in [-0.1, -0.05) is 0 Å². The second-order valence-electron chi connectivity index (χ2n) is 5.83. The number of benzene rings is 1. The molecule has 0 atom stereocenters. The molecule has 1 aromatic carbocycles. The topological polar surface area (TPSA) is 133 Å². The Morgan fingerprint density at radius 2 is 1.96 bits per heavy atom. The Morgan fingerprint density at radius 1 is 1.26 bits per heavy atom. The van der Waals surface area contributed by atoms with Crippen LogP contribution in [0.15, 0.2) is 35.4 Å². The molecule has 0 saturated heterocycles. The molecule has 0 aliphatic carbocycles. The summed E-state index contributed by atoms with van der Waals surface area (Å²) < 4.78 is 36.1. The molecule has 0 radical (unpaired) electrons. The maximum absolute atomic E-state index is 12.8. The molecule has 0 aliphatic heterocycles. The van der Waals surface area contributed by atoms with Gasteiger partial charge in [-0.15, -0.1) is 3.89 Å². The van der Waals surface area contributed by atoms with Gasteiger partial charge in [-0.05, 0) is 37.6 Å². The van der Waals surface area contributed by atoms with Gasteiger partial charge in [0.2, 0.25) is 0 Å². The molecular formula is C16H17FN6O3S. The maximum Gasteiger partial charge on any atom is 0.332 e. The lowest BCUT2D eigenvalue weighted by Gasteiger charge is -2.07. The van der Waals surface area contributed by atoms with E-state index in [-0.39, 0.29) is 11.5 Å². The average Bonchev–Trinajstić information content (AvgIpc) is 3.01. The zero-order valence-corrected chi connectivity index (χ0v) is 15.2. The second kappa shape index (κ2) is 7.27. The molecule has 9 nitrogen and oxygen atoms in total. The van der Waals surface area contributed by atoms with Crippen molar-refractivity contribution in [3.05, 3.63) is 41.9 Å². The lowest BCUT2D eigenvalue weighted by molar-refractivity contribution is 0.0952. The molecule has 3 aromatic rings. The highest BCUT2D eigenvalue weighted by Crippen LogP contribution is 2.17. The van der Waals surface area contributed by atoms with Gasteiger partial charge in [-0.2, -0.15) is 13.5 Å². The number of hydrogen-bond acceptors (Lipinski definition) is 7. The van der Waals surface area contributed by atoms with Crippen molar-refractivity contribution in [2.45, 2.75) is 24.8 Å². The molecule has 2 aromatic heterocycles. The van der Waals surface area contributed by atoms with Gasteiger partial charge in [0.1, 0.15) is 11.6 Å². The minimum absolute atomic E-state index is 0.239. The maximum atomic E-state index is 12.8. The monoisotopic (exact) mass is 392 g/mol. The van der Waals surface area contributed by atoms with E-state index in [4.69, 9.17) is 5.73 Å². The molecule has 2 heterocycles. The molecule has 27 heavy (non-hydrogen) atoms. The number of carbonyl (C=O) groups is 1. The fourth-order valence-electron chi connectivity index (χ4n) is 2.56. The van der Waals surface area contributed by atoms with Crippen molar-refractivity contribution in [3.63, 3.8) is 0 Å². The molecule has 11 heteroatoms. The summed E-state index contributed by atoms with van der Waals surface area (Å²) in [4.78, 5) is 20.0. The van der Waals surface area contributed by atoms with Gasteiger partial charge in [0.05, 0.1) is 16.5 Å². The number of rotatable bonds is 6. The van der Waals surface area contributed by atoms with Crippen molar-refractivity contribution in [2.75, 3.05) is 12.3 Å². The molecule has 3 N–H and O–H groups in total. The number of fused-ring (bicyclic) bond motifs is 1. The number of amides is 1. The van der Waals surface area contributed by atoms with Crippen LogP contribution < -0.4 is 11.1 Å². The number of hydrogen-bond donors (Lipinski definition) is 2. The summed E-state index contributed by atoms with van der Waals surface area (Å²) in [5, 5.41) is 7.62. The number of carbonyl (C=O) groups excluding carboxylic acids is 1. The summed E-state index contributed by atoms with van der Waals surface area (Å²) in [6.07, 6.45) is 2.19. The fourth-order valence-corrected chi connectivity index (χ4v) is 3.02. The number of nitrogens with one attached hydrogen (secondary N) is 1. The van der Waals surface area contributed by atoms with Crippen LogP contribution in [0, 0.1) is 6.92 Å². The first-order valence-corrected chi connectivity index (χ1v) is 9.42. The van der Waals surface area contributed by atoms with Crippen molar-refractivity contribution in [3.8, 4) is 0 Å². The van der Waals surface area contributed by atoms with Gasteiger partial charge in [0.15, 0.2) is 5.65 Å². The van der Waals surface area contributed by atoms with Gasteiger partial charge in [-0.25, -0.2) is 14.6 Å². The molecule has 142 valence electrons. The lowest BCUT2D eigenvalue weighted by atomic mass is 10.2. The minimum Gasteiger partial charge on any atom is -0.383 e. The first kappa shape index (κ1) is 18.7. The summed E-state index contributed by atoms with van der Waals surface area (Å²) in [7, 11) is -4.78. The predicted molar refractivity (Wildman–Crippen MR) is 96.2 cm³/mol. The van der Waals surface area contributed by atoms with Crippen molar-refractivity contribution < 1.29 is 17.1 Å². The lowest BCUT2D eigenvalue weighted by Crippen LogP contribution is -2.25. The highest BCUT2D eigenvalue weighted by Gasteiger charge is 2.13. The van der Waals surface area contributed by atoms with Crippen LogP contribution in [0.1, 0.15) is 22.6 Å². The summed E-state index contributed by atoms with van der Waals surface area (Å²) in [6, 6.07) is 4.61. The Balaban J connectivity index is 1.57. The van der Waals surface area contributed by atoms with Crippen molar-refractivity contribution in [1.29, 1.82) is 0 Å². The predicted octanol–water partition coefficient (Wildman–Crippen LogP) is 1.20. The van der Waals surface area contributed by atoms with E-state index >= 15 is 0 Å². The third-order valence-corrected chi connectivity index (χ3v) is 4.70. The van der Waals surface area contributed by atoms with Crippen LogP contribution in [0.25, 0.3) is 11.0 Å². The number of aromatic nitrogens is 4. The highest BCUT2D eigenvalue weighted by molar-refractivity contribution is 7.86. The largest absolute Gasteiger partial charge is 0.383 e. The number of nitrogens with zero attached hydrogens (tertiary/aromatic N) is 4. The van der Waals surface area contributed by atoms with Crippen LogP contribution in [-0.2, 0) is 16.8 Å². The molecule has 0 fully saturated rings.